The van der Waals surface area contributed by atoms with Crippen molar-refractivity contribution in [2.75, 3.05) is 31.5 Å². The molecule has 7 nitrogen and oxygen atoms in total. The van der Waals surface area contributed by atoms with Crippen LogP contribution in [-0.2, 0) is 4.79 Å². The predicted molar refractivity (Wildman–Crippen MR) is 103 cm³/mol. The Hall–Kier alpha value is -2.96. The van der Waals surface area contributed by atoms with E-state index in [4.69, 9.17) is 0 Å². The van der Waals surface area contributed by atoms with Gasteiger partial charge in [-0.1, -0.05) is 30.3 Å². The average molecular weight is 367 g/mol. The van der Waals surface area contributed by atoms with Gasteiger partial charge in [0.2, 0.25) is 11.9 Å². The molecule has 3 rings (SSSR count). The number of anilines is 1. The number of piperazine rings is 1. The molecule has 0 radical (unpaired) electrons. The molecule has 2 heterocycles. The van der Waals surface area contributed by atoms with Crippen molar-refractivity contribution in [2.45, 2.75) is 26.8 Å². The van der Waals surface area contributed by atoms with Crippen LogP contribution in [0.1, 0.15) is 41.6 Å². The van der Waals surface area contributed by atoms with E-state index in [0.29, 0.717) is 37.8 Å². The number of carbonyl (C=O) groups excluding carboxylic acids is 2. The van der Waals surface area contributed by atoms with Gasteiger partial charge >= 0.3 is 0 Å². The zero-order valence-electron chi connectivity index (χ0n) is 16.0. The molecule has 0 saturated carbocycles. The van der Waals surface area contributed by atoms with Gasteiger partial charge in [-0.3, -0.25) is 9.59 Å². The second-order valence-electron chi connectivity index (χ2n) is 6.79. The van der Waals surface area contributed by atoms with Crippen LogP contribution >= 0.6 is 0 Å². The van der Waals surface area contributed by atoms with Crippen molar-refractivity contribution in [1.29, 1.82) is 0 Å². The summed E-state index contributed by atoms with van der Waals surface area (Å²) in [4.78, 5) is 36.6. The van der Waals surface area contributed by atoms with Gasteiger partial charge in [-0.05, 0) is 25.5 Å². The highest BCUT2D eigenvalue weighted by Crippen LogP contribution is 2.17. The molecule has 2 aromatic rings. The van der Waals surface area contributed by atoms with Gasteiger partial charge in [0.25, 0.3) is 5.91 Å². The Labute approximate surface area is 159 Å². The summed E-state index contributed by atoms with van der Waals surface area (Å²) >= 11 is 0. The van der Waals surface area contributed by atoms with Crippen molar-refractivity contribution in [1.82, 2.24) is 19.8 Å². The van der Waals surface area contributed by atoms with Gasteiger partial charge in [-0.2, -0.15) is 0 Å². The molecular formula is C20H25N5O2. The quantitative estimate of drug-likeness (QED) is 0.897. The molecule has 1 aromatic carbocycles. The monoisotopic (exact) mass is 367 g/mol. The Kier molecular flexibility index (Phi) is 5.69. The van der Waals surface area contributed by atoms with E-state index in [0.717, 1.165) is 11.3 Å². The molecule has 2 amide bonds. The number of carbonyl (C=O) groups is 2. The Balaban J connectivity index is 1.71. The van der Waals surface area contributed by atoms with Gasteiger partial charge in [-0.25, -0.2) is 9.97 Å². The van der Waals surface area contributed by atoms with Gasteiger partial charge in [0.05, 0.1) is 6.04 Å². The fourth-order valence-corrected chi connectivity index (χ4v) is 3.15. The first-order valence-corrected chi connectivity index (χ1v) is 9.16. The zero-order valence-corrected chi connectivity index (χ0v) is 16.0. The minimum atomic E-state index is -0.126. The van der Waals surface area contributed by atoms with Crippen LogP contribution in [0.15, 0.2) is 36.4 Å². The summed E-state index contributed by atoms with van der Waals surface area (Å²) in [5.41, 5.74) is 2.23. The van der Waals surface area contributed by atoms with Crippen molar-refractivity contribution in [3.8, 4) is 0 Å². The third-order valence-corrected chi connectivity index (χ3v) is 4.73. The highest BCUT2D eigenvalue weighted by molar-refractivity contribution is 5.93. The fraction of sp³-hybridized carbons (Fsp3) is 0.400. The van der Waals surface area contributed by atoms with Crippen molar-refractivity contribution in [3.63, 3.8) is 0 Å². The standard InChI is InChI=1S/C20H25N5O2/c1-14-13-18(19(27)25-11-9-24(10-12-25)16(3)26)23-20(21-14)22-15(2)17-7-5-4-6-8-17/h4-8,13,15H,9-12H2,1-3H3,(H,21,22,23). The van der Waals surface area contributed by atoms with Crippen LogP contribution in [0.2, 0.25) is 0 Å². The number of benzene rings is 1. The molecular weight excluding hydrogens is 342 g/mol. The second-order valence-corrected chi connectivity index (χ2v) is 6.79. The van der Waals surface area contributed by atoms with Crippen LogP contribution in [0, 0.1) is 6.92 Å². The van der Waals surface area contributed by atoms with Crippen LogP contribution in [0.25, 0.3) is 0 Å². The summed E-state index contributed by atoms with van der Waals surface area (Å²) in [6.45, 7) is 7.59. The van der Waals surface area contributed by atoms with Crippen LogP contribution < -0.4 is 5.32 Å². The molecule has 27 heavy (non-hydrogen) atoms. The zero-order chi connectivity index (χ0) is 19.4. The lowest BCUT2D eigenvalue weighted by atomic mass is 10.1. The molecule has 1 atom stereocenters. The molecule has 142 valence electrons. The van der Waals surface area contributed by atoms with E-state index in [1.807, 2.05) is 44.2 Å². The summed E-state index contributed by atoms with van der Waals surface area (Å²) in [6, 6.07) is 11.7. The van der Waals surface area contributed by atoms with E-state index in [1.54, 1.807) is 22.8 Å². The van der Waals surface area contributed by atoms with Gasteiger partial charge in [0.1, 0.15) is 5.69 Å². The third-order valence-electron chi connectivity index (χ3n) is 4.73. The van der Waals surface area contributed by atoms with Crippen LogP contribution in [-0.4, -0.2) is 57.8 Å². The lowest BCUT2D eigenvalue weighted by molar-refractivity contribution is -0.130. The van der Waals surface area contributed by atoms with E-state index in [-0.39, 0.29) is 17.9 Å². The van der Waals surface area contributed by atoms with Gasteiger partial charge < -0.3 is 15.1 Å². The van der Waals surface area contributed by atoms with Crippen LogP contribution in [0.4, 0.5) is 5.95 Å². The Bertz CT molecular complexity index is 816. The lowest BCUT2D eigenvalue weighted by Gasteiger charge is -2.34. The van der Waals surface area contributed by atoms with E-state index in [9.17, 15) is 9.59 Å². The SMILES string of the molecule is CC(=O)N1CCN(C(=O)c2cc(C)nc(NC(C)c3ccccc3)n2)CC1. The van der Waals surface area contributed by atoms with Crippen LogP contribution in [0.3, 0.4) is 0 Å². The number of aromatic nitrogens is 2. The van der Waals surface area contributed by atoms with Crippen molar-refractivity contribution in [3.05, 3.63) is 53.3 Å². The Morgan fingerprint density at radius 1 is 1.04 bits per heavy atom. The highest BCUT2D eigenvalue weighted by atomic mass is 16.2. The predicted octanol–water partition coefficient (Wildman–Crippen LogP) is 2.26. The van der Waals surface area contributed by atoms with E-state index in [2.05, 4.69) is 15.3 Å². The molecule has 1 aliphatic rings. The first-order valence-electron chi connectivity index (χ1n) is 9.16. The van der Waals surface area contributed by atoms with Gasteiger partial charge in [-0.15, -0.1) is 0 Å². The highest BCUT2D eigenvalue weighted by Gasteiger charge is 2.24. The lowest BCUT2D eigenvalue weighted by Crippen LogP contribution is -2.50. The average Bonchev–Trinajstić information content (AvgIpc) is 2.67. The molecule has 7 heteroatoms. The molecule has 1 unspecified atom stereocenters. The van der Waals surface area contributed by atoms with Crippen molar-refractivity contribution >= 4 is 17.8 Å². The van der Waals surface area contributed by atoms with Crippen molar-refractivity contribution in [2.24, 2.45) is 0 Å². The number of hydrogen-bond donors (Lipinski definition) is 1. The molecule has 1 aromatic heterocycles. The summed E-state index contributed by atoms with van der Waals surface area (Å²) in [7, 11) is 0. The Morgan fingerprint density at radius 2 is 1.67 bits per heavy atom. The van der Waals surface area contributed by atoms with Crippen molar-refractivity contribution < 1.29 is 9.59 Å². The van der Waals surface area contributed by atoms with E-state index in [1.165, 1.54) is 0 Å². The first-order chi connectivity index (χ1) is 12.9. The summed E-state index contributed by atoms with van der Waals surface area (Å²) in [6.07, 6.45) is 0. The molecule has 0 spiro atoms. The summed E-state index contributed by atoms with van der Waals surface area (Å²) in [5.74, 6) is 0.359. The number of hydrogen-bond acceptors (Lipinski definition) is 5. The molecule has 0 bridgehead atoms. The van der Waals surface area contributed by atoms with Crippen LogP contribution in [0.5, 0.6) is 0 Å². The molecule has 1 fully saturated rings. The van der Waals surface area contributed by atoms with E-state index >= 15 is 0 Å². The maximum Gasteiger partial charge on any atom is 0.272 e. The first kappa shape index (κ1) is 18.8. The Morgan fingerprint density at radius 3 is 2.30 bits per heavy atom. The number of rotatable bonds is 4. The smallest absolute Gasteiger partial charge is 0.272 e. The second kappa shape index (κ2) is 8.16. The number of nitrogens with zero attached hydrogens (tertiary/aromatic N) is 4. The maximum atomic E-state index is 12.8. The van der Waals surface area contributed by atoms with Gasteiger partial charge in [0.15, 0.2) is 0 Å². The van der Waals surface area contributed by atoms with Gasteiger partial charge in [0, 0.05) is 38.8 Å². The minimum absolute atomic E-state index is 0.0232. The normalized spacial score (nSPS) is 15.4. The molecule has 1 N–H and O–H groups in total. The largest absolute Gasteiger partial charge is 0.348 e. The topological polar surface area (TPSA) is 78.4 Å². The maximum absolute atomic E-state index is 12.8. The fourth-order valence-electron chi connectivity index (χ4n) is 3.15. The van der Waals surface area contributed by atoms with E-state index < -0.39 is 0 Å². The molecule has 1 aliphatic heterocycles. The summed E-state index contributed by atoms with van der Waals surface area (Å²) in [5, 5.41) is 3.27. The third kappa shape index (κ3) is 4.61. The summed E-state index contributed by atoms with van der Waals surface area (Å²) < 4.78 is 0. The minimum Gasteiger partial charge on any atom is -0.348 e. The molecule has 0 aliphatic carbocycles. The number of aryl methyl sites for hydroxylation is 1. The molecule has 1 saturated heterocycles. The number of amides is 2. The number of nitrogens with one attached hydrogen (secondary N) is 1.